The summed E-state index contributed by atoms with van der Waals surface area (Å²) in [5.41, 5.74) is 9.04. The lowest BCUT2D eigenvalue weighted by molar-refractivity contribution is 0.273. The van der Waals surface area contributed by atoms with Crippen LogP contribution in [-0.4, -0.2) is 0 Å². The van der Waals surface area contributed by atoms with Crippen LogP contribution in [0.2, 0.25) is 10.0 Å². The smallest absolute Gasteiger partial charge is 0.142 e. The largest absolute Gasteiger partial charge is 0.359 e. The Hall–Kier alpha value is -5.38. The molecule has 1 heterocycles. The minimum absolute atomic E-state index is 0.665. The van der Waals surface area contributed by atoms with Crippen molar-refractivity contribution in [2.24, 2.45) is 0 Å². The van der Waals surface area contributed by atoms with Crippen molar-refractivity contribution in [2.45, 2.75) is 11.2 Å². The molecule has 0 spiro atoms. The van der Waals surface area contributed by atoms with Crippen molar-refractivity contribution >= 4 is 28.9 Å². The predicted octanol–water partition coefficient (Wildman–Crippen LogP) is 11.7. The minimum Gasteiger partial charge on any atom is -0.359 e. The second kappa shape index (κ2) is 13.5. The van der Waals surface area contributed by atoms with Crippen molar-refractivity contribution in [3.05, 3.63) is 232 Å². The lowest BCUT2D eigenvalue weighted by Gasteiger charge is -2.50. The molecule has 1 aliphatic heterocycles. The van der Waals surface area contributed by atoms with Crippen LogP contribution in [-0.2, 0) is 11.2 Å². The number of hydrogen-bond acceptors (Lipinski definition) is 2. The zero-order valence-electron chi connectivity index (χ0n) is 27.2. The van der Waals surface area contributed by atoms with Crippen LogP contribution in [0.4, 0.5) is 0 Å². The van der Waals surface area contributed by atoms with E-state index in [1.807, 2.05) is 42.5 Å². The van der Waals surface area contributed by atoms with Gasteiger partial charge in [0.05, 0.1) is 5.54 Å². The molecule has 0 fully saturated rings. The molecule has 4 heteroatoms. The monoisotopic (exact) mass is 684 g/mol. The van der Waals surface area contributed by atoms with E-state index in [0.717, 1.165) is 44.6 Å². The van der Waals surface area contributed by atoms with E-state index >= 15 is 0 Å². The van der Waals surface area contributed by atoms with Crippen molar-refractivity contribution in [1.82, 2.24) is 10.6 Å². The average molecular weight is 686 g/mol. The van der Waals surface area contributed by atoms with Gasteiger partial charge in [0.2, 0.25) is 0 Å². The highest BCUT2D eigenvalue weighted by molar-refractivity contribution is 6.31. The van der Waals surface area contributed by atoms with Gasteiger partial charge in [-0.05, 0) is 80.4 Å². The topological polar surface area (TPSA) is 24.1 Å². The first-order chi connectivity index (χ1) is 24.5. The minimum atomic E-state index is -0.886. The van der Waals surface area contributed by atoms with E-state index in [1.54, 1.807) is 0 Å². The van der Waals surface area contributed by atoms with Crippen LogP contribution in [0, 0.1) is 0 Å². The summed E-state index contributed by atoms with van der Waals surface area (Å²) in [4.78, 5) is 0. The molecular formula is C46H34Cl2N2. The van der Waals surface area contributed by atoms with Crippen molar-refractivity contribution in [3.8, 4) is 22.3 Å². The molecule has 7 aromatic rings. The van der Waals surface area contributed by atoms with Gasteiger partial charge in [0.25, 0.3) is 0 Å². The van der Waals surface area contributed by atoms with Gasteiger partial charge in [-0.15, -0.1) is 0 Å². The van der Waals surface area contributed by atoms with E-state index in [9.17, 15) is 0 Å². The Morgan fingerprint density at radius 3 is 1.36 bits per heavy atom. The molecule has 0 saturated heterocycles. The highest BCUT2D eigenvalue weighted by Crippen LogP contribution is 2.45. The Morgan fingerprint density at radius 1 is 0.360 bits per heavy atom. The van der Waals surface area contributed by atoms with Gasteiger partial charge in [0.15, 0.2) is 0 Å². The molecule has 2 unspecified atom stereocenters. The summed E-state index contributed by atoms with van der Waals surface area (Å²) in [6, 6.07) is 65.4. The highest BCUT2D eigenvalue weighted by Gasteiger charge is 2.48. The van der Waals surface area contributed by atoms with Crippen LogP contribution in [0.1, 0.15) is 27.8 Å². The summed E-state index contributed by atoms with van der Waals surface area (Å²) in [6.45, 7) is 0. The maximum atomic E-state index is 6.79. The number of halogens is 2. The molecular weight excluding hydrogens is 651 g/mol. The zero-order chi connectivity index (χ0) is 34.0. The third-order valence-corrected chi connectivity index (χ3v) is 10.0. The normalized spacial score (nSPS) is 18.6. The first-order valence-corrected chi connectivity index (χ1v) is 17.5. The molecule has 0 saturated carbocycles. The Morgan fingerprint density at radius 2 is 0.800 bits per heavy atom. The maximum absolute atomic E-state index is 6.79. The first kappa shape index (κ1) is 31.9. The standard InChI is InChI=1S/C46H34Cl2N2/c47-42-20-10-16-37(30-42)44-32-45(41-19-11-21-43(48)31-41,38-26-22-35(23-27-38)33-12-4-1-5-13-33)50-46(49-44,39-17-8-3-9-18-39)40-28-24-36(25-29-40)34-14-6-2-7-15-34/h1-32,49-50H. The molecule has 0 aliphatic carbocycles. The van der Waals surface area contributed by atoms with Crippen LogP contribution in [0.15, 0.2) is 194 Å². The molecule has 242 valence electrons. The summed E-state index contributed by atoms with van der Waals surface area (Å²) in [5, 5.41) is 9.57. The molecule has 1 aliphatic rings. The number of benzene rings is 7. The Labute approximate surface area is 303 Å². The molecule has 7 aromatic carbocycles. The summed E-state index contributed by atoms with van der Waals surface area (Å²) in [5.74, 6) is 0. The third kappa shape index (κ3) is 6.03. The second-order valence-corrected chi connectivity index (χ2v) is 13.5. The van der Waals surface area contributed by atoms with Gasteiger partial charge in [-0.25, -0.2) is 0 Å². The lowest BCUT2D eigenvalue weighted by Crippen LogP contribution is -2.64. The Bertz CT molecular complexity index is 2270. The fourth-order valence-electron chi connectivity index (χ4n) is 7.08. The molecule has 0 bridgehead atoms. The molecule has 50 heavy (non-hydrogen) atoms. The molecule has 2 atom stereocenters. The molecule has 0 aromatic heterocycles. The quantitative estimate of drug-likeness (QED) is 0.175. The molecule has 2 N–H and O–H groups in total. The van der Waals surface area contributed by atoms with Crippen molar-refractivity contribution in [3.63, 3.8) is 0 Å². The number of rotatable bonds is 7. The summed E-state index contributed by atoms with van der Waals surface area (Å²) in [7, 11) is 0. The number of nitrogens with one attached hydrogen (secondary N) is 2. The molecule has 0 radical (unpaired) electrons. The van der Waals surface area contributed by atoms with E-state index < -0.39 is 11.2 Å². The van der Waals surface area contributed by atoms with E-state index in [-0.39, 0.29) is 0 Å². The van der Waals surface area contributed by atoms with Gasteiger partial charge in [-0.3, -0.25) is 5.32 Å². The maximum Gasteiger partial charge on any atom is 0.142 e. The molecule has 2 nitrogen and oxygen atoms in total. The van der Waals surface area contributed by atoms with Crippen molar-refractivity contribution in [1.29, 1.82) is 0 Å². The average Bonchev–Trinajstić information content (AvgIpc) is 3.19. The van der Waals surface area contributed by atoms with Crippen LogP contribution in [0.3, 0.4) is 0 Å². The van der Waals surface area contributed by atoms with Crippen LogP contribution in [0.5, 0.6) is 0 Å². The SMILES string of the molecule is Clc1cccc(C2=CC(c3ccc(-c4ccccc4)cc3)(c3cccc(Cl)c3)NC(c3ccccc3)(c3ccc(-c4ccccc4)cc3)N2)c1. The van der Waals surface area contributed by atoms with Gasteiger partial charge in [0, 0.05) is 15.7 Å². The summed E-state index contributed by atoms with van der Waals surface area (Å²) in [6.07, 6.45) is 2.28. The van der Waals surface area contributed by atoms with Crippen molar-refractivity contribution < 1.29 is 0 Å². The van der Waals surface area contributed by atoms with E-state index in [1.165, 1.54) is 11.1 Å². The first-order valence-electron chi connectivity index (χ1n) is 16.7. The van der Waals surface area contributed by atoms with Gasteiger partial charge < -0.3 is 5.32 Å². The Kier molecular flexibility index (Phi) is 8.60. The predicted molar refractivity (Wildman–Crippen MR) is 209 cm³/mol. The Balaban J connectivity index is 1.40. The lowest BCUT2D eigenvalue weighted by atomic mass is 9.75. The van der Waals surface area contributed by atoms with Crippen LogP contribution in [0.25, 0.3) is 28.0 Å². The van der Waals surface area contributed by atoms with Crippen LogP contribution >= 0.6 is 23.2 Å². The van der Waals surface area contributed by atoms with E-state index in [2.05, 4.69) is 162 Å². The molecule has 8 rings (SSSR count). The van der Waals surface area contributed by atoms with Crippen molar-refractivity contribution in [2.75, 3.05) is 0 Å². The summed E-state index contributed by atoms with van der Waals surface area (Å²) < 4.78 is 0. The fourth-order valence-corrected chi connectivity index (χ4v) is 7.46. The summed E-state index contributed by atoms with van der Waals surface area (Å²) >= 11 is 13.5. The van der Waals surface area contributed by atoms with E-state index in [0.29, 0.717) is 10.0 Å². The van der Waals surface area contributed by atoms with Gasteiger partial charge >= 0.3 is 0 Å². The third-order valence-electron chi connectivity index (χ3n) is 9.56. The van der Waals surface area contributed by atoms with Gasteiger partial charge in [0.1, 0.15) is 5.66 Å². The second-order valence-electron chi connectivity index (χ2n) is 12.6. The molecule has 0 amide bonds. The van der Waals surface area contributed by atoms with E-state index in [4.69, 9.17) is 23.2 Å². The number of hydrogen-bond donors (Lipinski definition) is 2. The van der Waals surface area contributed by atoms with Gasteiger partial charge in [-0.2, -0.15) is 0 Å². The fraction of sp³-hybridized carbons (Fsp3) is 0.0435. The zero-order valence-corrected chi connectivity index (χ0v) is 28.7. The van der Waals surface area contributed by atoms with Crippen LogP contribution < -0.4 is 10.6 Å². The van der Waals surface area contributed by atoms with Gasteiger partial charge in [-0.1, -0.05) is 187 Å². The highest BCUT2D eigenvalue weighted by atomic mass is 35.5.